The molecule has 182 valence electrons. The SMILES string of the molecule is Cc1cnc(Nc2ccnn2C)nc1C1=NC2=CC(Cc3cc(C(F)(F)F)ncn3)[C@H](C)CN2C1. The first-order chi connectivity index (χ1) is 16.7. The molecule has 0 saturated carbocycles. The molecule has 1 N–H and O–H groups in total. The maximum absolute atomic E-state index is 13.0. The molecule has 2 aliphatic heterocycles. The number of nitrogens with one attached hydrogen (secondary N) is 1. The third-order valence-electron chi connectivity index (χ3n) is 6.28. The van der Waals surface area contributed by atoms with Crippen LogP contribution >= 0.6 is 0 Å². The van der Waals surface area contributed by atoms with Crippen molar-refractivity contribution < 1.29 is 13.2 Å². The van der Waals surface area contributed by atoms with Crippen molar-refractivity contribution in [2.24, 2.45) is 23.9 Å². The van der Waals surface area contributed by atoms with E-state index >= 15 is 0 Å². The van der Waals surface area contributed by atoms with Crippen LogP contribution in [0.5, 0.6) is 0 Å². The van der Waals surface area contributed by atoms with E-state index in [1.54, 1.807) is 17.1 Å². The van der Waals surface area contributed by atoms with Crippen LogP contribution in [0.1, 0.15) is 29.6 Å². The average Bonchev–Trinajstić information content (AvgIpc) is 3.40. The topological polar surface area (TPSA) is 97.0 Å². The Hall–Kier alpha value is -3.83. The van der Waals surface area contributed by atoms with Gasteiger partial charge in [0.25, 0.3) is 0 Å². The van der Waals surface area contributed by atoms with Crippen LogP contribution in [0, 0.1) is 18.8 Å². The second kappa shape index (κ2) is 8.75. The zero-order valence-corrected chi connectivity index (χ0v) is 19.5. The van der Waals surface area contributed by atoms with Crippen LogP contribution in [-0.2, 0) is 19.6 Å². The second-order valence-corrected chi connectivity index (χ2v) is 8.89. The molecule has 3 aromatic heterocycles. The lowest BCUT2D eigenvalue weighted by Crippen LogP contribution is -2.35. The summed E-state index contributed by atoms with van der Waals surface area (Å²) in [5.74, 6) is 2.25. The van der Waals surface area contributed by atoms with E-state index in [0.717, 1.165) is 47.5 Å². The van der Waals surface area contributed by atoms with Crippen molar-refractivity contribution in [3.05, 3.63) is 65.4 Å². The van der Waals surface area contributed by atoms with Crippen molar-refractivity contribution >= 4 is 17.5 Å². The number of hydrogen-bond donors (Lipinski definition) is 1. The van der Waals surface area contributed by atoms with Crippen LogP contribution in [0.2, 0.25) is 0 Å². The molecule has 0 aliphatic carbocycles. The van der Waals surface area contributed by atoms with E-state index in [0.29, 0.717) is 24.6 Å². The third-order valence-corrected chi connectivity index (χ3v) is 6.28. The summed E-state index contributed by atoms with van der Waals surface area (Å²) in [6.07, 6.45) is 2.35. The minimum Gasteiger partial charge on any atom is -0.351 e. The maximum atomic E-state index is 13.0. The van der Waals surface area contributed by atoms with E-state index in [9.17, 15) is 13.2 Å². The molecule has 1 unspecified atom stereocenters. The molecule has 5 rings (SSSR count). The molecule has 0 spiro atoms. The van der Waals surface area contributed by atoms with Gasteiger partial charge in [0, 0.05) is 31.5 Å². The second-order valence-electron chi connectivity index (χ2n) is 8.89. The van der Waals surface area contributed by atoms with E-state index in [-0.39, 0.29) is 11.8 Å². The van der Waals surface area contributed by atoms with Gasteiger partial charge in [0.05, 0.1) is 24.1 Å². The van der Waals surface area contributed by atoms with Crippen molar-refractivity contribution in [3.63, 3.8) is 0 Å². The van der Waals surface area contributed by atoms with E-state index in [4.69, 9.17) is 9.98 Å². The van der Waals surface area contributed by atoms with E-state index in [1.165, 1.54) is 0 Å². The number of nitrogens with zero attached hydrogens (tertiary/aromatic N) is 8. The monoisotopic (exact) mass is 483 g/mol. The molecule has 0 saturated heterocycles. The number of hydrogen-bond acceptors (Lipinski definition) is 8. The summed E-state index contributed by atoms with van der Waals surface area (Å²) in [4.78, 5) is 23.5. The molecule has 12 heteroatoms. The fraction of sp³-hybridized carbons (Fsp3) is 0.391. The number of alkyl halides is 3. The van der Waals surface area contributed by atoms with Crippen LogP contribution in [0.25, 0.3) is 0 Å². The Morgan fingerprint density at radius 1 is 1.20 bits per heavy atom. The lowest BCUT2D eigenvalue weighted by Gasteiger charge is -2.33. The minimum absolute atomic E-state index is 0.00824. The van der Waals surface area contributed by atoms with Crippen molar-refractivity contribution in [2.75, 3.05) is 18.4 Å². The number of fused-ring (bicyclic) bond motifs is 1. The molecule has 3 aromatic rings. The first-order valence-electron chi connectivity index (χ1n) is 11.2. The van der Waals surface area contributed by atoms with E-state index < -0.39 is 11.9 Å². The van der Waals surface area contributed by atoms with Crippen molar-refractivity contribution in [2.45, 2.75) is 26.4 Å². The molecular weight excluding hydrogens is 459 g/mol. The molecule has 9 nitrogen and oxygen atoms in total. The summed E-state index contributed by atoms with van der Waals surface area (Å²) in [5.41, 5.74) is 1.95. The molecule has 0 radical (unpaired) electrons. The largest absolute Gasteiger partial charge is 0.433 e. The van der Waals surface area contributed by atoms with Gasteiger partial charge in [-0.2, -0.15) is 18.3 Å². The first kappa shape index (κ1) is 22.9. The van der Waals surface area contributed by atoms with Gasteiger partial charge in [0.1, 0.15) is 23.7 Å². The Morgan fingerprint density at radius 2 is 2.03 bits per heavy atom. The molecule has 0 bridgehead atoms. The van der Waals surface area contributed by atoms with Crippen LogP contribution in [0.3, 0.4) is 0 Å². The fourth-order valence-electron chi connectivity index (χ4n) is 4.34. The van der Waals surface area contributed by atoms with Crippen LogP contribution in [0.4, 0.5) is 24.9 Å². The molecule has 2 aliphatic rings. The average molecular weight is 484 g/mol. The highest BCUT2D eigenvalue weighted by molar-refractivity contribution is 6.03. The number of halogens is 3. The summed E-state index contributed by atoms with van der Waals surface area (Å²) in [5, 5.41) is 7.30. The lowest BCUT2D eigenvalue weighted by molar-refractivity contribution is -0.141. The molecule has 0 fully saturated rings. The summed E-state index contributed by atoms with van der Waals surface area (Å²) in [6.45, 7) is 5.38. The summed E-state index contributed by atoms with van der Waals surface area (Å²) in [6, 6.07) is 2.86. The summed E-state index contributed by atoms with van der Waals surface area (Å²) >= 11 is 0. The molecular formula is C23H24F3N9. The molecule has 2 atom stereocenters. The maximum Gasteiger partial charge on any atom is 0.433 e. The molecule has 35 heavy (non-hydrogen) atoms. The smallest absolute Gasteiger partial charge is 0.351 e. The number of allylic oxidation sites excluding steroid dienone is 1. The third kappa shape index (κ3) is 4.73. The van der Waals surface area contributed by atoms with Gasteiger partial charge in [0.2, 0.25) is 5.95 Å². The van der Waals surface area contributed by atoms with Crippen molar-refractivity contribution in [3.8, 4) is 0 Å². The van der Waals surface area contributed by atoms with Crippen molar-refractivity contribution in [1.82, 2.24) is 34.6 Å². The van der Waals surface area contributed by atoms with Gasteiger partial charge >= 0.3 is 6.18 Å². The quantitative estimate of drug-likeness (QED) is 0.593. The van der Waals surface area contributed by atoms with Crippen LogP contribution in [-0.4, -0.2) is 53.4 Å². The number of aryl methyl sites for hydroxylation is 2. The van der Waals surface area contributed by atoms with Gasteiger partial charge in [-0.15, -0.1) is 0 Å². The number of aliphatic imine (C=N–C) groups is 1. The number of anilines is 2. The first-order valence-corrected chi connectivity index (χ1v) is 11.2. The van der Waals surface area contributed by atoms with E-state index in [1.807, 2.05) is 26.1 Å². The Kier molecular flexibility index (Phi) is 5.73. The number of aromatic nitrogens is 6. The van der Waals surface area contributed by atoms with E-state index in [2.05, 4.69) is 37.2 Å². The summed E-state index contributed by atoms with van der Waals surface area (Å²) in [7, 11) is 1.83. The predicted octanol–water partition coefficient (Wildman–Crippen LogP) is 3.53. The Bertz CT molecular complexity index is 1310. The zero-order valence-electron chi connectivity index (χ0n) is 19.5. The molecule has 0 amide bonds. The van der Waals surface area contributed by atoms with Gasteiger partial charge in [0.15, 0.2) is 0 Å². The molecule has 5 heterocycles. The van der Waals surface area contributed by atoms with Gasteiger partial charge in [-0.05, 0) is 42.9 Å². The van der Waals surface area contributed by atoms with Crippen LogP contribution < -0.4 is 5.32 Å². The normalized spacial score (nSPS) is 19.9. The minimum atomic E-state index is -4.49. The Balaban J connectivity index is 1.38. The Labute approximate surface area is 199 Å². The summed E-state index contributed by atoms with van der Waals surface area (Å²) < 4.78 is 40.8. The van der Waals surface area contributed by atoms with Crippen molar-refractivity contribution in [1.29, 1.82) is 0 Å². The standard InChI is InChI=1S/C23H24F3N9/c1-13-9-27-22(32-19-4-5-30-34(19)3)33-21(13)17-11-35-10-14(2)15(7-20(35)31-17)6-16-8-18(23(24,25)26)29-12-28-16/h4-5,7-9,12,14-15H,6,10-11H2,1-3H3,(H,27,32,33)/t14-,15?/m1/s1. The Morgan fingerprint density at radius 3 is 2.77 bits per heavy atom. The highest BCUT2D eigenvalue weighted by Gasteiger charge is 2.35. The number of rotatable bonds is 5. The van der Waals surface area contributed by atoms with Gasteiger partial charge in [-0.25, -0.2) is 24.9 Å². The predicted molar refractivity (Wildman–Crippen MR) is 123 cm³/mol. The van der Waals surface area contributed by atoms with Gasteiger partial charge in [-0.1, -0.05) is 6.92 Å². The van der Waals surface area contributed by atoms with Gasteiger partial charge < -0.3 is 10.2 Å². The van der Waals surface area contributed by atoms with Crippen LogP contribution in [0.15, 0.2) is 47.7 Å². The van der Waals surface area contributed by atoms with Gasteiger partial charge in [-0.3, -0.25) is 4.68 Å². The highest BCUT2D eigenvalue weighted by atomic mass is 19.4. The lowest BCUT2D eigenvalue weighted by atomic mass is 9.86. The molecule has 0 aromatic carbocycles. The highest BCUT2D eigenvalue weighted by Crippen LogP contribution is 2.33. The fourth-order valence-corrected chi connectivity index (χ4v) is 4.34. The zero-order chi connectivity index (χ0) is 24.7.